The minimum Gasteiger partial charge on any atom is -0.457 e. The van der Waals surface area contributed by atoms with Crippen LogP contribution in [0.15, 0.2) is 42.5 Å². The fraction of sp³-hybridized carbons (Fsp3) is 0.143. The molecular formula is C14H13NO4. The molecule has 0 spiro atoms. The quantitative estimate of drug-likeness (QED) is 0.676. The lowest BCUT2D eigenvalue weighted by Gasteiger charge is -2.09. The summed E-state index contributed by atoms with van der Waals surface area (Å²) in [4.78, 5) is 10.4. The summed E-state index contributed by atoms with van der Waals surface area (Å²) in [6, 6.07) is 11.6. The Balaban J connectivity index is 2.27. The molecule has 0 amide bonds. The Hall–Kier alpha value is -2.40. The number of ether oxygens (including phenoxy) is 1. The Labute approximate surface area is 110 Å². The Morgan fingerprint density at radius 1 is 1.21 bits per heavy atom. The van der Waals surface area contributed by atoms with Gasteiger partial charge in [-0.05, 0) is 30.7 Å². The van der Waals surface area contributed by atoms with E-state index in [2.05, 4.69) is 0 Å². The zero-order valence-corrected chi connectivity index (χ0v) is 10.4. The molecular weight excluding hydrogens is 246 g/mol. The summed E-state index contributed by atoms with van der Waals surface area (Å²) in [5.41, 5.74) is 1.30. The van der Waals surface area contributed by atoms with Crippen LogP contribution in [-0.2, 0) is 6.61 Å². The van der Waals surface area contributed by atoms with Crippen LogP contribution in [0, 0.1) is 17.0 Å². The van der Waals surface area contributed by atoms with Crippen LogP contribution in [0.5, 0.6) is 11.5 Å². The number of aliphatic hydroxyl groups is 1. The fourth-order valence-electron chi connectivity index (χ4n) is 1.70. The molecule has 0 aliphatic heterocycles. The molecule has 0 heterocycles. The molecule has 0 atom stereocenters. The minimum absolute atomic E-state index is 0.0316. The van der Waals surface area contributed by atoms with Gasteiger partial charge in [0.1, 0.15) is 11.5 Å². The summed E-state index contributed by atoms with van der Waals surface area (Å²) in [7, 11) is 0. The lowest BCUT2D eigenvalue weighted by atomic mass is 10.2. The molecule has 0 saturated carbocycles. The van der Waals surface area contributed by atoms with E-state index in [4.69, 9.17) is 9.84 Å². The zero-order chi connectivity index (χ0) is 13.8. The molecule has 2 aromatic carbocycles. The minimum atomic E-state index is -0.433. The smallest absolute Gasteiger partial charge is 0.276 e. The highest BCUT2D eigenvalue weighted by Gasteiger charge is 2.14. The lowest BCUT2D eigenvalue weighted by Crippen LogP contribution is -1.94. The van der Waals surface area contributed by atoms with Crippen LogP contribution in [0.1, 0.15) is 11.1 Å². The Morgan fingerprint density at radius 2 is 1.89 bits per heavy atom. The summed E-state index contributed by atoms with van der Waals surface area (Å²) in [6.07, 6.45) is 0. The van der Waals surface area contributed by atoms with E-state index in [-0.39, 0.29) is 12.3 Å². The number of aliphatic hydroxyl groups excluding tert-OH is 1. The summed E-state index contributed by atoms with van der Waals surface area (Å²) in [5.74, 6) is 1.02. The van der Waals surface area contributed by atoms with Crippen LogP contribution in [0.3, 0.4) is 0 Å². The maximum atomic E-state index is 10.8. The van der Waals surface area contributed by atoms with Crippen molar-refractivity contribution in [1.82, 2.24) is 0 Å². The predicted molar refractivity (Wildman–Crippen MR) is 70.3 cm³/mol. The van der Waals surface area contributed by atoms with Crippen molar-refractivity contribution in [2.75, 3.05) is 0 Å². The van der Waals surface area contributed by atoms with Crippen molar-refractivity contribution in [2.45, 2.75) is 13.5 Å². The van der Waals surface area contributed by atoms with Crippen LogP contribution in [0.25, 0.3) is 0 Å². The first kappa shape index (κ1) is 13.0. The Morgan fingerprint density at radius 3 is 2.47 bits per heavy atom. The van der Waals surface area contributed by atoms with E-state index in [1.807, 2.05) is 0 Å². The molecule has 2 rings (SSSR count). The molecule has 0 radical (unpaired) electrons. The monoisotopic (exact) mass is 259 g/mol. The van der Waals surface area contributed by atoms with Gasteiger partial charge < -0.3 is 9.84 Å². The molecule has 0 bridgehead atoms. The van der Waals surface area contributed by atoms with Crippen molar-refractivity contribution in [2.24, 2.45) is 0 Å². The topological polar surface area (TPSA) is 72.6 Å². The van der Waals surface area contributed by atoms with E-state index in [0.29, 0.717) is 17.1 Å². The third-order valence-electron chi connectivity index (χ3n) is 2.79. The maximum Gasteiger partial charge on any atom is 0.276 e. The van der Waals surface area contributed by atoms with Crippen LogP contribution in [-0.4, -0.2) is 10.0 Å². The summed E-state index contributed by atoms with van der Waals surface area (Å²) >= 11 is 0. The largest absolute Gasteiger partial charge is 0.457 e. The van der Waals surface area contributed by atoms with Gasteiger partial charge >= 0.3 is 0 Å². The molecule has 0 saturated heterocycles. The lowest BCUT2D eigenvalue weighted by molar-refractivity contribution is -0.385. The first-order valence-corrected chi connectivity index (χ1v) is 5.73. The zero-order valence-electron chi connectivity index (χ0n) is 10.4. The first-order chi connectivity index (χ1) is 9.11. The van der Waals surface area contributed by atoms with Gasteiger partial charge in [-0.2, -0.15) is 0 Å². The van der Waals surface area contributed by atoms with Crippen molar-refractivity contribution in [3.63, 3.8) is 0 Å². The van der Waals surface area contributed by atoms with Gasteiger partial charge in [0.15, 0.2) is 0 Å². The molecule has 98 valence electrons. The summed E-state index contributed by atoms with van der Waals surface area (Å²) < 4.78 is 5.61. The summed E-state index contributed by atoms with van der Waals surface area (Å²) in [5, 5.41) is 19.8. The standard InChI is InChI=1S/C14H13NO4/c1-10-13(15(17)18)3-2-4-14(10)19-12-7-5-11(9-16)6-8-12/h2-8,16H,9H2,1H3. The van der Waals surface area contributed by atoms with E-state index in [1.54, 1.807) is 43.3 Å². The van der Waals surface area contributed by atoms with E-state index >= 15 is 0 Å². The average Bonchev–Trinajstić information content (AvgIpc) is 2.41. The number of nitro benzene ring substituents is 1. The van der Waals surface area contributed by atoms with E-state index in [1.165, 1.54) is 6.07 Å². The van der Waals surface area contributed by atoms with Gasteiger partial charge in [0.2, 0.25) is 0 Å². The van der Waals surface area contributed by atoms with Gasteiger partial charge in [0.05, 0.1) is 17.1 Å². The first-order valence-electron chi connectivity index (χ1n) is 5.73. The highest BCUT2D eigenvalue weighted by Crippen LogP contribution is 2.30. The number of nitrogens with zero attached hydrogens (tertiary/aromatic N) is 1. The molecule has 2 aromatic rings. The van der Waals surface area contributed by atoms with Gasteiger partial charge in [0.25, 0.3) is 5.69 Å². The van der Waals surface area contributed by atoms with Gasteiger partial charge in [0, 0.05) is 6.07 Å². The van der Waals surface area contributed by atoms with Crippen LogP contribution in [0.4, 0.5) is 5.69 Å². The van der Waals surface area contributed by atoms with Crippen molar-refractivity contribution in [3.8, 4) is 11.5 Å². The number of rotatable bonds is 4. The maximum absolute atomic E-state index is 10.8. The molecule has 19 heavy (non-hydrogen) atoms. The van der Waals surface area contributed by atoms with Crippen molar-refractivity contribution >= 4 is 5.69 Å². The molecule has 0 fully saturated rings. The molecule has 0 aliphatic rings. The van der Waals surface area contributed by atoms with Gasteiger partial charge in [-0.15, -0.1) is 0 Å². The van der Waals surface area contributed by atoms with Crippen molar-refractivity contribution in [1.29, 1.82) is 0 Å². The van der Waals surface area contributed by atoms with Crippen molar-refractivity contribution < 1.29 is 14.8 Å². The normalized spacial score (nSPS) is 10.2. The Bertz CT molecular complexity index is 593. The molecule has 0 unspecified atom stereocenters. The second-order valence-corrected chi connectivity index (χ2v) is 4.06. The molecule has 5 heteroatoms. The number of nitro groups is 1. The van der Waals surface area contributed by atoms with Gasteiger partial charge in [-0.25, -0.2) is 0 Å². The van der Waals surface area contributed by atoms with E-state index in [9.17, 15) is 10.1 Å². The van der Waals surface area contributed by atoms with Crippen LogP contribution in [0.2, 0.25) is 0 Å². The Kier molecular flexibility index (Phi) is 3.77. The van der Waals surface area contributed by atoms with E-state index < -0.39 is 4.92 Å². The fourth-order valence-corrected chi connectivity index (χ4v) is 1.70. The highest BCUT2D eigenvalue weighted by molar-refractivity contribution is 5.49. The second kappa shape index (κ2) is 5.49. The number of hydrogen-bond donors (Lipinski definition) is 1. The third kappa shape index (κ3) is 2.89. The SMILES string of the molecule is Cc1c(Oc2ccc(CO)cc2)cccc1[N+](=O)[O-]. The average molecular weight is 259 g/mol. The number of benzene rings is 2. The third-order valence-corrected chi connectivity index (χ3v) is 2.79. The van der Waals surface area contributed by atoms with Crippen LogP contribution < -0.4 is 4.74 Å². The predicted octanol–water partition coefficient (Wildman–Crippen LogP) is 3.19. The highest BCUT2D eigenvalue weighted by atomic mass is 16.6. The van der Waals surface area contributed by atoms with Crippen LogP contribution >= 0.6 is 0 Å². The molecule has 0 aliphatic carbocycles. The van der Waals surface area contributed by atoms with Gasteiger partial charge in [-0.1, -0.05) is 18.2 Å². The van der Waals surface area contributed by atoms with E-state index in [0.717, 1.165) is 5.56 Å². The number of hydrogen-bond acceptors (Lipinski definition) is 4. The second-order valence-electron chi connectivity index (χ2n) is 4.06. The van der Waals surface area contributed by atoms with Gasteiger partial charge in [-0.3, -0.25) is 10.1 Å². The molecule has 5 nitrogen and oxygen atoms in total. The molecule has 1 N–H and O–H groups in total. The summed E-state index contributed by atoms with van der Waals surface area (Å²) in [6.45, 7) is 1.62. The van der Waals surface area contributed by atoms with Crippen molar-refractivity contribution in [3.05, 3.63) is 63.7 Å². The molecule has 0 aromatic heterocycles.